The lowest BCUT2D eigenvalue weighted by atomic mass is 10.1. The first kappa shape index (κ1) is 25.0. The van der Waals surface area contributed by atoms with Crippen molar-refractivity contribution in [2.24, 2.45) is 0 Å². The van der Waals surface area contributed by atoms with Crippen molar-refractivity contribution in [1.82, 2.24) is 4.98 Å². The van der Waals surface area contributed by atoms with Crippen LogP contribution in [-0.2, 0) is 0 Å². The average Bonchev–Trinajstić information content (AvgIpc) is 3.40. The molecule has 0 fully saturated rings. The molecule has 0 saturated carbocycles. The number of nitrogens with one attached hydrogen (secondary N) is 1. The largest absolute Gasteiger partial charge is 0.478 e. The zero-order valence-corrected chi connectivity index (χ0v) is 18.9. The van der Waals surface area contributed by atoms with Gasteiger partial charge in [-0.1, -0.05) is 37.6 Å². The summed E-state index contributed by atoms with van der Waals surface area (Å²) < 4.78 is 30.2. The minimum absolute atomic E-state index is 0.0698. The van der Waals surface area contributed by atoms with Crippen LogP contribution in [0.3, 0.4) is 0 Å². The lowest BCUT2D eigenvalue weighted by Crippen LogP contribution is -2.01. The number of anilines is 1. The molecular weight excluding hydrogens is 462 g/mol. The van der Waals surface area contributed by atoms with Gasteiger partial charge in [0.25, 0.3) is 5.89 Å². The number of oxazole rings is 1. The highest BCUT2D eigenvalue weighted by Crippen LogP contribution is 2.36. The zero-order chi connectivity index (χ0) is 23.8. The van der Waals surface area contributed by atoms with Gasteiger partial charge in [-0.15, -0.1) is 11.3 Å². The second-order valence-corrected chi connectivity index (χ2v) is 7.14. The Morgan fingerprint density at radius 1 is 1.22 bits per heavy atom. The molecule has 0 aliphatic carbocycles. The molecule has 2 aromatic heterocycles. The second kappa shape index (κ2) is 11.4. The normalized spacial score (nSPS) is 9.94. The third-order valence-corrected chi connectivity index (χ3v) is 5.19. The molecule has 2 aromatic carbocycles. The Morgan fingerprint density at radius 2 is 1.88 bits per heavy atom. The van der Waals surface area contributed by atoms with Crippen molar-refractivity contribution < 1.29 is 27.9 Å². The molecule has 4 aromatic rings. The van der Waals surface area contributed by atoms with Gasteiger partial charge in [-0.2, -0.15) is 0 Å². The third kappa shape index (κ3) is 5.68. The van der Waals surface area contributed by atoms with Gasteiger partial charge >= 0.3 is 5.97 Å². The zero-order valence-electron chi connectivity index (χ0n) is 17.3. The van der Waals surface area contributed by atoms with Gasteiger partial charge in [-0.25, -0.2) is 18.6 Å². The summed E-state index contributed by atoms with van der Waals surface area (Å²) in [7, 11) is 1.71. The summed E-state index contributed by atoms with van der Waals surface area (Å²) in [4.78, 5) is 25.7. The fourth-order valence-corrected chi connectivity index (χ4v) is 3.78. The molecule has 0 aliphatic rings. The van der Waals surface area contributed by atoms with E-state index in [1.807, 2.05) is 26.0 Å². The highest BCUT2D eigenvalue weighted by atomic mass is 35.5. The number of benzene rings is 2. The van der Waals surface area contributed by atoms with E-state index in [9.17, 15) is 23.5 Å². The molecule has 6 nitrogen and oxygen atoms in total. The van der Waals surface area contributed by atoms with Crippen LogP contribution >= 0.6 is 22.9 Å². The van der Waals surface area contributed by atoms with E-state index in [0.29, 0.717) is 28.6 Å². The molecule has 4 rings (SSSR count). The van der Waals surface area contributed by atoms with E-state index >= 15 is 0 Å². The quantitative estimate of drug-likeness (QED) is 0.314. The average molecular weight is 481 g/mol. The molecule has 0 radical (unpaired) electrons. The highest BCUT2D eigenvalue weighted by Gasteiger charge is 2.18. The Kier molecular flexibility index (Phi) is 8.86. The number of hydrogen-bond acceptors (Lipinski definition) is 6. The van der Waals surface area contributed by atoms with Crippen molar-refractivity contribution in [1.29, 1.82) is 0 Å². The summed E-state index contributed by atoms with van der Waals surface area (Å²) in [6.45, 7) is 4.00. The Hall–Kier alpha value is -3.30. The van der Waals surface area contributed by atoms with Crippen molar-refractivity contribution in [2.75, 3.05) is 12.4 Å². The van der Waals surface area contributed by atoms with Crippen LogP contribution in [-0.4, -0.2) is 29.4 Å². The van der Waals surface area contributed by atoms with E-state index in [2.05, 4.69) is 10.3 Å². The molecule has 2 heterocycles. The summed E-state index contributed by atoms with van der Waals surface area (Å²) in [5.41, 5.74) is 1.59. The molecule has 0 atom stereocenters. The predicted octanol–water partition coefficient (Wildman–Crippen LogP) is 6.75. The van der Waals surface area contributed by atoms with Crippen LogP contribution in [0, 0.1) is 11.6 Å². The Balaban J connectivity index is 0.000000217. The van der Waals surface area contributed by atoms with Gasteiger partial charge in [0, 0.05) is 29.6 Å². The monoisotopic (exact) mass is 480 g/mol. The van der Waals surface area contributed by atoms with E-state index in [0.717, 1.165) is 16.5 Å². The summed E-state index contributed by atoms with van der Waals surface area (Å²) in [6, 6.07) is 8.79. The first-order chi connectivity index (χ1) is 15.3. The Labute approximate surface area is 191 Å². The molecule has 168 valence electrons. The minimum atomic E-state index is -0.930. The molecule has 0 spiro atoms. The Bertz CT molecular complexity index is 1220. The molecule has 10 heteroatoms. The van der Waals surface area contributed by atoms with Gasteiger partial charge in [0.05, 0.1) is 10.6 Å². The number of carbonyl (C=O) groups is 2. The van der Waals surface area contributed by atoms with E-state index < -0.39 is 17.6 Å². The maximum atomic E-state index is 12.9. The van der Waals surface area contributed by atoms with Crippen molar-refractivity contribution in [3.05, 3.63) is 69.9 Å². The molecule has 0 aliphatic heterocycles. The highest BCUT2D eigenvalue weighted by molar-refractivity contribution is 7.14. The molecule has 0 saturated heterocycles. The number of aldehydes is 1. The first-order valence-corrected chi connectivity index (χ1v) is 10.6. The number of carboxylic acids is 1. The van der Waals surface area contributed by atoms with E-state index in [1.54, 1.807) is 24.6 Å². The van der Waals surface area contributed by atoms with Crippen molar-refractivity contribution in [3.63, 3.8) is 0 Å². The lowest BCUT2D eigenvalue weighted by Gasteiger charge is -2.03. The Morgan fingerprint density at radius 3 is 2.44 bits per heavy atom. The van der Waals surface area contributed by atoms with E-state index in [1.165, 1.54) is 11.3 Å². The summed E-state index contributed by atoms with van der Waals surface area (Å²) >= 11 is 7.21. The number of fused-ring (bicyclic) bond motifs is 1. The van der Waals surface area contributed by atoms with Gasteiger partial charge < -0.3 is 14.8 Å². The minimum Gasteiger partial charge on any atom is -0.478 e. The van der Waals surface area contributed by atoms with Crippen LogP contribution in [0.5, 0.6) is 0 Å². The van der Waals surface area contributed by atoms with Crippen LogP contribution < -0.4 is 5.32 Å². The molecule has 2 N–H and O–H groups in total. The summed E-state index contributed by atoms with van der Waals surface area (Å²) in [6.07, 6.45) is 0.331. The smallest absolute Gasteiger partial charge is 0.339 e. The van der Waals surface area contributed by atoms with Crippen LogP contribution in [0.15, 0.2) is 46.2 Å². The number of halogens is 3. The van der Waals surface area contributed by atoms with Gasteiger partial charge in [-0.05, 0) is 17.7 Å². The fourth-order valence-electron chi connectivity index (χ4n) is 2.59. The van der Waals surface area contributed by atoms with E-state index in [-0.39, 0.29) is 17.0 Å². The summed E-state index contributed by atoms with van der Waals surface area (Å²) in [5, 5.41) is 14.5. The van der Waals surface area contributed by atoms with Crippen molar-refractivity contribution in [2.45, 2.75) is 13.8 Å². The third-order valence-electron chi connectivity index (χ3n) is 3.91. The lowest BCUT2D eigenvalue weighted by molar-refractivity contribution is 0.0699. The predicted molar refractivity (Wildman–Crippen MR) is 122 cm³/mol. The molecule has 0 bridgehead atoms. The standard InChI is InChI=1S/C12H10ClNO2S.C8H3F2NO2.C2H6/c1-14-9-6-17-11(10(9)12(15)16)7-2-4-8(13)5-3-7;9-4-1-5(10)8-6(2-4)13-7(3-12)11-8;1-2/h2-6,14H,1H3,(H,15,16);1-3H;1-2H3. The van der Waals surface area contributed by atoms with Gasteiger partial charge in [0.2, 0.25) is 6.29 Å². The van der Waals surface area contributed by atoms with Crippen LogP contribution in [0.2, 0.25) is 5.02 Å². The number of aromatic nitrogens is 1. The molecular formula is C22H19ClF2N2O4S. The molecule has 0 unspecified atom stereocenters. The van der Waals surface area contributed by atoms with Crippen LogP contribution in [0.25, 0.3) is 21.5 Å². The van der Waals surface area contributed by atoms with Gasteiger partial charge in [-0.3, -0.25) is 4.79 Å². The van der Waals surface area contributed by atoms with E-state index in [4.69, 9.17) is 16.0 Å². The second-order valence-electron chi connectivity index (χ2n) is 5.82. The number of carbonyl (C=O) groups excluding carboxylic acids is 1. The van der Waals surface area contributed by atoms with Gasteiger partial charge in [0.1, 0.15) is 16.9 Å². The molecule has 32 heavy (non-hydrogen) atoms. The topological polar surface area (TPSA) is 92.4 Å². The number of aromatic carboxylic acids is 1. The SMILES string of the molecule is CC.CNc1csc(-c2ccc(Cl)cc2)c1C(=O)O.O=Cc1nc2c(F)cc(F)cc2o1. The number of hydrogen-bond donors (Lipinski definition) is 2. The molecule has 0 amide bonds. The van der Waals surface area contributed by atoms with Crippen molar-refractivity contribution >= 4 is 52.0 Å². The first-order valence-electron chi connectivity index (χ1n) is 9.33. The number of carboxylic acid groups (broad SMARTS) is 1. The maximum Gasteiger partial charge on any atom is 0.339 e. The van der Waals surface area contributed by atoms with Crippen molar-refractivity contribution in [3.8, 4) is 10.4 Å². The van der Waals surface area contributed by atoms with Crippen LogP contribution in [0.1, 0.15) is 34.9 Å². The van der Waals surface area contributed by atoms with Gasteiger partial charge in [0.15, 0.2) is 11.4 Å². The maximum absolute atomic E-state index is 12.9. The summed E-state index contributed by atoms with van der Waals surface area (Å²) in [5.74, 6) is -2.80. The number of thiophene rings is 1. The van der Waals surface area contributed by atoms with Crippen LogP contribution in [0.4, 0.5) is 14.5 Å². The fraction of sp³-hybridized carbons (Fsp3) is 0.136. The number of nitrogens with zero attached hydrogens (tertiary/aromatic N) is 1. The number of rotatable bonds is 4.